The Hall–Kier alpha value is -1.27. The number of rotatable bonds is 8. The number of likely N-dealkylation sites (N-methyl/N-ethyl adjacent to an activating group) is 1. The highest BCUT2D eigenvalue weighted by Crippen LogP contribution is 2.34. The average molecular weight is 413 g/mol. The minimum atomic E-state index is 0.0473. The van der Waals surface area contributed by atoms with Crippen molar-refractivity contribution in [3.05, 3.63) is 22.2 Å². The third kappa shape index (κ3) is 5.35. The largest absolute Gasteiger partial charge is 0.490 e. The maximum atomic E-state index is 12.5. The minimum Gasteiger partial charge on any atom is -0.490 e. The average Bonchev–Trinajstić information content (AvgIpc) is 3.00. The molecule has 0 heterocycles. The van der Waals surface area contributed by atoms with Gasteiger partial charge < -0.3 is 19.7 Å². The second-order valence-electron chi connectivity index (χ2n) is 6.57. The normalized spacial score (nSPS) is 19.9. The fourth-order valence-electron chi connectivity index (χ4n) is 3.41. The zero-order valence-electron chi connectivity index (χ0n) is 15.6. The van der Waals surface area contributed by atoms with Gasteiger partial charge in [0, 0.05) is 16.6 Å². The second kappa shape index (κ2) is 9.43. The van der Waals surface area contributed by atoms with Gasteiger partial charge in [-0.3, -0.25) is 4.79 Å². The Balaban J connectivity index is 2.08. The van der Waals surface area contributed by atoms with Gasteiger partial charge in [-0.05, 0) is 64.9 Å². The molecule has 2 atom stereocenters. The first kappa shape index (κ1) is 20.0. The fourth-order valence-corrected chi connectivity index (χ4v) is 3.87. The maximum Gasteiger partial charge on any atom is 0.224 e. The van der Waals surface area contributed by atoms with Crippen molar-refractivity contribution < 1.29 is 14.3 Å². The zero-order chi connectivity index (χ0) is 18.4. The smallest absolute Gasteiger partial charge is 0.224 e. The predicted molar refractivity (Wildman–Crippen MR) is 103 cm³/mol. The summed E-state index contributed by atoms with van der Waals surface area (Å²) in [5, 5.41) is 3.20. The number of carbonyl (C=O) groups is 1. The molecule has 1 saturated carbocycles. The van der Waals surface area contributed by atoms with Gasteiger partial charge in [0.05, 0.1) is 19.6 Å². The van der Waals surface area contributed by atoms with Crippen molar-refractivity contribution in [1.29, 1.82) is 0 Å². The van der Waals surface area contributed by atoms with Gasteiger partial charge in [-0.15, -0.1) is 0 Å². The van der Waals surface area contributed by atoms with Crippen LogP contribution in [0, 0.1) is 0 Å². The molecule has 0 unspecified atom stereocenters. The Morgan fingerprint density at radius 1 is 1.20 bits per heavy atom. The molecule has 1 amide bonds. The first-order valence-corrected chi connectivity index (χ1v) is 9.79. The van der Waals surface area contributed by atoms with E-state index in [1.807, 2.05) is 26.0 Å². The summed E-state index contributed by atoms with van der Waals surface area (Å²) in [5.41, 5.74) is 0.906. The molecular formula is C19H29BrN2O3. The third-order valence-corrected chi connectivity index (χ3v) is 5.29. The number of hydrogen-bond acceptors (Lipinski definition) is 4. The molecule has 1 aromatic carbocycles. The summed E-state index contributed by atoms with van der Waals surface area (Å²) >= 11 is 3.55. The van der Waals surface area contributed by atoms with Gasteiger partial charge in [-0.2, -0.15) is 0 Å². The summed E-state index contributed by atoms with van der Waals surface area (Å²) < 4.78 is 12.1. The Labute approximate surface area is 159 Å². The van der Waals surface area contributed by atoms with Gasteiger partial charge in [-0.25, -0.2) is 0 Å². The molecule has 1 fully saturated rings. The van der Waals surface area contributed by atoms with E-state index in [1.54, 1.807) is 0 Å². The summed E-state index contributed by atoms with van der Waals surface area (Å²) in [5.74, 6) is 1.43. The van der Waals surface area contributed by atoms with Crippen molar-refractivity contribution in [2.45, 2.75) is 51.6 Å². The molecule has 2 rings (SSSR count). The van der Waals surface area contributed by atoms with Crippen LogP contribution in [0.15, 0.2) is 16.6 Å². The molecule has 0 bridgehead atoms. The lowest BCUT2D eigenvalue weighted by Gasteiger charge is -2.27. The number of amides is 1. The van der Waals surface area contributed by atoms with E-state index in [9.17, 15) is 4.79 Å². The number of benzene rings is 1. The molecule has 25 heavy (non-hydrogen) atoms. The Morgan fingerprint density at radius 2 is 1.84 bits per heavy atom. The zero-order valence-corrected chi connectivity index (χ0v) is 17.2. The standard InChI is InChI=1S/C19H29BrN2O3/c1-5-24-17-10-13(14(20)12-18(17)25-6-2)11-19(23)21-15-8-7-9-16(15)22(3)4/h10,12,15-16H,5-9,11H2,1-4H3,(H,21,23)/t15-,16-/m0/s1. The summed E-state index contributed by atoms with van der Waals surface area (Å²) in [4.78, 5) is 14.8. The molecule has 1 aliphatic rings. The van der Waals surface area contributed by atoms with Crippen LogP contribution in [0.4, 0.5) is 0 Å². The molecule has 1 N–H and O–H groups in total. The van der Waals surface area contributed by atoms with Gasteiger partial charge in [0.25, 0.3) is 0 Å². The van der Waals surface area contributed by atoms with Crippen LogP contribution in [-0.2, 0) is 11.2 Å². The van der Waals surface area contributed by atoms with E-state index in [-0.39, 0.29) is 11.9 Å². The van der Waals surface area contributed by atoms with Crippen molar-refractivity contribution in [2.24, 2.45) is 0 Å². The van der Waals surface area contributed by atoms with Crippen LogP contribution in [0.25, 0.3) is 0 Å². The van der Waals surface area contributed by atoms with Crippen molar-refractivity contribution in [3.63, 3.8) is 0 Å². The number of hydrogen-bond donors (Lipinski definition) is 1. The van der Waals surface area contributed by atoms with Crippen molar-refractivity contribution >= 4 is 21.8 Å². The van der Waals surface area contributed by atoms with E-state index in [0.717, 1.165) is 29.3 Å². The lowest BCUT2D eigenvalue weighted by Crippen LogP contribution is -2.46. The molecule has 0 aromatic heterocycles. The number of carbonyl (C=O) groups excluding carboxylic acids is 1. The lowest BCUT2D eigenvalue weighted by atomic mass is 10.1. The van der Waals surface area contributed by atoms with Crippen LogP contribution in [0.5, 0.6) is 11.5 Å². The van der Waals surface area contributed by atoms with Crippen molar-refractivity contribution in [3.8, 4) is 11.5 Å². The first-order chi connectivity index (χ1) is 12.0. The highest BCUT2D eigenvalue weighted by Gasteiger charge is 2.30. The minimum absolute atomic E-state index is 0.0473. The van der Waals surface area contributed by atoms with Gasteiger partial charge in [0.1, 0.15) is 0 Å². The highest BCUT2D eigenvalue weighted by molar-refractivity contribution is 9.10. The van der Waals surface area contributed by atoms with Crippen LogP contribution >= 0.6 is 15.9 Å². The molecule has 6 heteroatoms. The summed E-state index contributed by atoms with van der Waals surface area (Å²) in [6.45, 7) is 5.00. The molecular weight excluding hydrogens is 384 g/mol. The van der Waals surface area contributed by atoms with Crippen LogP contribution in [0.1, 0.15) is 38.7 Å². The quantitative estimate of drug-likeness (QED) is 0.710. The van der Waals surface area contributed by atoms with E-state index in [2.05, 4.69) is 40.2 Å². The van der Waals surface area contributed by atoms with E-state index in [1.165, 1.54) is 0 Å². The predicted octanol–water partition coefficient (Wildman–Crippen LogP) is 3.39. The number of nitrogens with one attached hydrogen (secondary N) is 1. The summed E-state index contributed by atoms with van der Waals surface area (Å²) in [7, 11) is 4.15. The molecule has 1 aliphatic carbocycles. The fraction of sp³-hybridized carbons (Fsp3) is 0.632. The molecule has 5 nitrogen and oxygen atoms in total. The molecule has 0 spiro atoms. The van der Waals surface area contributed by atoms with Gasteiger partial charge in [-0.1, -0.05) is 15.9 Å². The second-order valence-corrected chi connectivity index (χ2v) is 7.42. The summed E-state index contributed by atoms with van der Waals surface area (Å²) in [6.07, 6.45) is 3.67. The monoisotopic (exact) mass is 412 g/mol. The maximum absolute atomic E-state index is 12.5. The number of halogens is 1. The van der Waals surface area contributed by atoms with Crippen molar-refractivity contribution in [1.82, 2.24) is 10.2 Å². The Bertz CT molecular complexity index is 592. The van der Waals surface area contributed by atoms with Crippen LogP contribution in [-0.4, -0.2) is 50.2 Å². The van der Waals surface area contributed by atoms with E-state index in [0.29, 0.717) is 37.2 Å². The van der Waals surface area contributed by atoms with Crippen LogP contribution in [0.2, 0.25) is 0 Å². The third-order valence-electron chi connectivity index (χ3n) is 4.55. The van der Waals surface area contributed by atoms with Gasteiger partial charge in [0.15, 0.2) is 11.5 Å². The van der Waals surface area contributed by atoms with Gasteiger partial charge in [0.2, 0.25) is 5.91 Å². The van der Waals surface area contributed by atoms with E-state index < -0.39 is 0 Å². The number of ether oxygens (including phenoxy) is 2. The lowest BCUT2D eigenvalue weighted by molar-refractivity contribution is -0.121. The van der Waals surface area contributed by atoms with Crippen LogP contribution < -0.4 is 14.8 Å². The Morgan fingerprint density at radius 3 is 2.44 bits per heavy atom. The van der Waals surface area contributed by atoms with E-state index in [4.69, 9.17) is 9.47 Å². The molecule has 140 valence electrons. The highest BCUT2D eigenvalue weighted by atomic mass is 79.9. The van der Waals surface area contributed by atoms with E-state index >= 15 is 0 Å². The molecule has 0 radical (unpaired) electrons. The SMILES string of the molecule is CCOc1cc(Br)c(CC(=O)N[C@H]2CCC[C@@H]2N(C)C)cc1OCC. The van der Waals surface area contributed by atoms with Crippen molar-refractivity contribution in [2.75, 3.05) is 27.3 Å². The first-order valence-electron chi connectivity index (χ1n) is 9.00. The Kier molecular flexibility index (Phi) is 7.56. The number of nitrogens with zero attached hydrogens (tertiary/aromatic N) is 1. The molecule has 1 aromatic rings. The van der Waals surface area contributed by atoms with Gasteiger partial charge >= 0.3 is 0 Å². The topological polar surface area (TPSA) is 50.8 Å². The van der Waals surface area contributed by atoms with Crippen LogP contribution in [0.3, 0.4) is 0 Å². The molecule has 0 saturated heterocycles. The summed E-state index contributed by atoms with van der Waals surface area (Å²) in [6, 6.07) is 4.44. The molecule has 0 aliphatic heterocycles.